The van der Waals surface area contributed by atoms with E-state index in [1.165, 1.54) is 31.0 Å². The summed E-state index contributed by atoms with van der Waals surface area (Å²) in [6, 6.07) is 13.3. The highest BCUT2D eigenvalue weighted by Gasteiger charge is 2.23. The summed E-state index contributed by atoms with van der Waals surface area (Å²) < 4.78 is 31.2. The number of hydrogen-bond acceptors (Lipinski definition) is 7. The molecule has 3 rings (SSSR count). The fourth-order valence-corrected chi connectivity index (χ4v) is 4.22. The number of aromatic nitrogens is 3. The normalized spacial score (nSPS) is 11.5. The SMILES string of the molecule is COc1ccc(S(=O)(=O)n2nc(SCc3ccc(Cl)cc3)nc2N)cc1. The average Bonchev–Trinajstić information content (AvgIpc) is 3.03. The van der Waals surface area contributed by atoms with Crippen LogP contribution in [0.2, 0.25) is 5.02 Å². The van der Waals surface area contributed by atoms with Crippen LogP contribution in [0.3, 0.4) is 0 Å². The molecule has 7 nitrogen and oxygen atoms in total. The molecular formula is C16H15ClN4O3S2. The highest BCUT2D eigenvalue weighted by Crippen LogP contribution is 2.24. The molecule has 3 aromatic rings. The molecular weight excluding hydrogens is 396 g/mol. The number of thioether (sulfide) groups is 1. The lowest BCUT2D eigenvalue weighted by molar-refractivity contribution is 0.414. The lowest BCUT2D eigenvalue weighted by Gasteiger charge is -2.06. The molecule has 2 N–H and O–H groups in total. The molecule has 0 atom stereocenters. The van der Waals surface area contributed by atoms with Crippen molar-refractivity contribution < 1.29 is 13.2 Å². The molecule has 0 aliphatic carbocycles. The van der Waals surface area contributed by atoms with Crippen LogP contribution >= 0.6 is 23.4 Å². The van der Waals surface area contributed by atoms with E-state index in [1.807, 2.05) is 12.1 Å². The highest BCUT2D eigenvalue weighted by molar-refractivity contribution is 7.98. The number of nitrogens with zero attached hydrogens (tertiary/aromatic N) is 3. The van der Waals surface area contributed by atoms with E-state index in [-0.39, 0.29) is 16.0 Å². The van der Waals surface area contributed by atoms with Gasteiger partial charge >= 0.3 is 0 Å². The first-order chi connectivity index (χ1) is 12.4. The number of halogens is 1. The largest absolute Gasteiger partial charge is 0.497 e. The quantitative estimate of drug-likeness (QED) is 0.623. The molecule has 1 aromatic heterocycles. The van der Waals surface area contributed by atoms with E-state index in [0.717, 1.165) is 9.65 Å². The molecule has 0 saturated carbocycles. The van der Waals surface area contributed by atoms with E-state index in [9.17, 15) is 8.42 Å². The monoisotopic (exact) mass is 410 g/mol. The van der Waals surface area contributed by atoms with Gasteiger partial charge in [-0.05, 0) is 42.0 Å². The number of ether oxygens (including phenoxy) is 1. The summed E-state index contributed by atoms with van der Waals surface area (Å²) in [5.41, 5.74) is 6.77. The van der Waals surface area contributed by atoms with Crippen molar-refractivity contribution in [2.24, 2.45) is 0 Å². The molecule has 0 saturated heterocycles. The summed E-state index contributed by atoms with van der Waals surface area (Å²) in [4.78, 5) is 4.08. The molecule has 0 bridgehead atoms. The number of hydrogen-bond donors (Lipinski definition) is 1. The Balaban J connectivity index is 1.81. The zero-order valence-corrected chi connectivity index (χ0v) is 16.1. The minimum atomic E-state index is -3.93. The maximum atomic E-state index is 12.7. The Hall–Kier alpha value is -2.23. The van der Waals surface area contributed by atoms with Gasteiger partial charge in [-0.15, -0.1) is 9.19 Å². The Morgan fingerprint density at radius 3 is 2.42 bits per heavy atom. The third-order valence-corrected chi connectivity index (χ3v) is 6.20. The van der Waals surface area contributed by atoms with Crippen LogP contribution in [-0.4, -0.2) is 29.7 Å². The van der Waals surface area contributed by atoms with Gasteiger partial charge < -0.3 is 10.5 Å². The Morgan fingerprint density at radius 1 is 1.15 bits per heavy atom. The molecule has 0 amide bonds. The highest BCUT2D eigenvalue weighted by atomic mass is 35.5. The van der Waals surface area contributed by atoms with Crippen LogP contribution < -0.4 is 10.5 Å². The third kappa shape index (κ3) is 3.95. The van der Waals surface area contributed by atoms with Gasteiger partial charge in [0, 0.05) is 10.8 Å². The van der Waals surface area contributed by atoms with E-state index in [0.29, 0.717) is 16.5 Å². The predicted molar refractivity (Wildman–Crippen MR) is 101 cm³/mol. The Labute approximate surface area is 160 Å². The first kappa shape index (κ1) is 18.6. The first-order valence-electron chi connectivity index (χ1n) is 7.39. The summed E-state index contributed by atoms with van der Waals surface area (Å²) in [6.07, 6.45) is 0. The lowest BCUT2D eigenvalue weighted by atomic mass is 10.2. The van der Waals surface area contributed by atoms with Gasteiger partial charge in [0.1, 0.15) is 5.75 Å². The van der Waals surface area contributed by atoms with Crippen molar-refractivity contribution in [1.82, 2.24) is 14.2 Å². The maximum Gasteiger partial charge on any atom is 0.286 e. The zero-order chi connectivity index (χ0) is 18.7. The predicted octanol–water partition coefficient (Wildman–Crippen LogP) is 3.05. The van der Waals surface area contributed by atoms with Crippen LogP contribution in [0.5, 0.6) is 5.75 Å². The van der Waals surface area contributed by atoms with Crippen molar-refractivity contribution >= 4 is 39.3 Å². The Kier molecular flexibility index (Phi) is 5.40. The van der Waals surface area contributed by atoms with Crippen molar-refractivity contribution in [3.05, 3.63) is 59.1 Å². The first-order valence-corrected chi connectivity index (χ1v) is 10.2. The van der Waals surface area contributed by atoms with Gasteiger partial charge in [-0.1, -0.05) is 35.5 Å². The van der Waals surface area contributed by atoms with Gasteiger partial charge in [-0.2, -0.15) is 13.4 Å². The fraction of sp³-hybridized carbons (Fsp3) is 0.125. The Morgan fingerprint density at radius 2 is 1.81 bits per heavy atom. The third-order valence-electron chi connectivity index (χ3n) is 3.45. The number of anilines is 1. The van der Waals surface area contributed by atoms with Crippen molar-refractivity contribution in [3.63, 3.8) is 0 Å². The molecule has 0 unspecified atom stereocenters. The number of nitrogen functional groups attached to an aromatic ring is 1. The molecule has 0 radical (unpaired) electrons. The van der Waals surface area contributed by atoms with Crippen LogP contribution in [-0.2, 0) is 15.8 Å². The standard InChI is InChI=1S/C16H15ClN4O3S2/c1-24-13-6-8-14(9-7-13)26(22,23)21-15(18)19-16(20-21)25-10-11-2-4-12(17)5-3-11/h2-9H,10H2,1H3,(H2,18,19,20). The van der Waals surface area contributed by atoms with Gasteiger partial charge in [0.25, 0.3) is 10.0 Å². The lowest BCUT2D eigenvalue weighted by Crippen LogP contribution is -2.17. The molecule has 0 spiro atoms. The van der Waals surface area contributed by atoms with Gasteiger partial charge in [0.15, 0.2) is 0 Å². The number of nitrogens with two attached hydrogens (primary N) is 1. The second-order valence-electron chi connectivity index (χ2n) is 5.19. The van der Waals surface area contributed by atoms with Crippen LogP contribution in [0.25, 0.3) is 0 Å². The molecule has 0 fully saturated rings. The topological polar surface area (TPSA) is 100 Å². The van der Waals surface area contributed by atoms with E-state index in [4.69, 9.17) is 22.1 Å². The van der Waals surface area contributed by atoms with Crippen molar-refractivity contribution in [3.8, 4) is 5.75 Å². The number of rotatable bonds is 6. The molecule has 1 heterocycles. The van der Waals surface area contributed by atoms with E-state index in [1.54, 1.807) is 24.3 Å². The van der Waals surface area contributed by atoms with Crippen LogP contribution in [0.15, 0.2) is 58.6 Å². The Bertz CT molecular complexity index is 1000. The molecule has 2 aromatic carbocycles. The summed E-state index contributed by atoms with van der Waals surface area (Å²) in [6.45, 7) is 0. The van der Waals surface area contributed by atoms with Gasteiger partial charge in [-0.25, -0.2) is 0 Å². The summed E-state index contributed by atoms with van der Waals surface area (Å²) in [7, 11) is -2.43. The van der Waals surface area contributed by atoms with E-state index >= 15 is 0 Å². The minimum Gasteiger partial charge on any atom is -0.497 e. The number of methoxy groups -OCH3 is 1. The molecule has 0 aliphatic rings. The van der Waals surface area contributed by atoms with E-state index < -0.39 is 10.0 Å². The van der Waals surface area contributed by atoms with Crippen LogP contribution in [0, 0.1) is 0 Å². The van der Waals surface area contributed by atoms with Crippen molar-refractivity contribution in [2.75, 3.05) is 12.8 Å². The smallest absolute Gasteiger partial charge is 0.286 e. The summed E-state index contributed by atoms with van der Waals surface area (Å²) >= 11 is 7.14. The fourth-order valence-electron chi connectivity index (χ4n) is 2.11. The van der Waals surface area contributed by atoms with Crippen molar-refractivity contribution in [1.29, 1.82) is 0 Å². The van der Waals surface area contributed by atoms with Gasteiger partial charge in [0.05, 0.1) is 12.0 Å². The van der Waals surface area contributed by atoms with Gasteiger partial charge in [-0.3, -0.25) is 0 Å². The summed E-state index contributed by atoms with van der Waals surface area (Å²) in [5, 5.41) is 4.95. The maximum absolute atomic E-state index is 12.7. The number of benzene rings is 2. The molecule has 136 valence electrons. The van der Waals surface area contributed by atoms with Gasteiger partial charge in [0.2, 0.25) is 11.1 Å². The summed E-state index contributed by atoms with van der Waals surface area (Å²) in [5.74, 6) is 0.914. The second kappa shape index (κ2) is 7.56. The zero-order valence-electron chi connectivity index (χ0n) is 13.7. The van der Waals surface area contributed by atoms with Crippen molar-refractivity contribution in [2.45, 2.75) is 15.8 Å². The molecule has 10 heteroatoms. The molecule has 0 aliphatic heterocycles. The van der Waals surface area contributed by atoms with Crippen LogP contribution in [0.1, 0.15) is 5.56 Å². The average molecular weight is 411 g/mol. The second-order valence-corrected chi connectivity index (χ2v) is 8.34. The van der Waals surface area contributed by atoms with E-state index in [2.05, 4.69) is 10.1 Å². The molecule has 26 heavy (non-hydrogen) atoms. The van der Waals surface area contributed by atoms with Crippen LogP contribution in [0.4, 0.5) is 5.95 Å². The minimum absolute atomic E-state index is 0.0455.